The molecule has 2 bridgehead atoms. The van der Waals surface area contributed by atoms with Gasteiger partial charge < -0.3 is 5.32 Å². The van der Waals surface area contributed by atoms with Crippen LogP contribution in [0.3, 0.4) is 0 Å². The van der Waals surface area contributed by atoms with Gasteiger partial charge in [-0.3, -0.25) is 4.79 Å². The molecule has 1 aromatic heterocycles. The average molecular weight is 353 g/mol. The van der Waals surface area contributed by atoms with Crippen LogP contribution < -0.4 is 5.32 Å². The summed E-state index contributed by atoms with van der Waals surface area (Å²) >= 11 is 1.42. The minimum atomic E-state index is 0.105. The van der Waals surface area contributed by atoms with Crippen LogP contribution in [0.15, 0.2) is 41.6 Å². The second-order valence-corrected chi connectivity index (χ2v) is 8.12. The fraction of sp³-hybridized carbons (Fsp3) is 0.450. The largest absolute Gasteiger partial charge is 0.352 e. The smallest absolute Gasteiger partial charge is 0.230 e. The number of hydrogen-bond acceptors (Lipinski definition) is 4. The van der Waals surface area contributed by atoms with E-state index in [1.54, 1.807) is 0 Å². The first-order valence-corrected chi connectivity index (χ1v) is 9.99. The van der Waals surface area contributed by atoms with Gasteiger partial charge >= 0.3 is 0 Å². The molecule has 1 amide bonds. The highest BCUT2D eigenvalue weighted by atomic mass is 32.2. The maximum atomic E-state index is 12.3. The van der Waals surface area contributed by atoms with E-state index in [2.05, 4.69) is 15.3 Å². The van der Waals surface area contributed by atoms with Gasteiger partial charge in [0.2, 0.25) is 5.91 Å². The van der Waals surface area contributed by atoms with Gasteiger partial charge in [-0.2, -0.15) is 0 Å². The van der Waals surface area contributed by atoms with E-state index >= 15 is 0 Å². The number of amides is 1. The zero-order valence-electron chi connectivity index (χ0n) is 14.4. The molecule has 1 N–H and O–H groups in total. The van der Waals surface area contributed by atoms with Crippen LogP contribution in [0.5, 0.6) is 0 Å². The van der Waals surface area contributed by atoms with Gasteiger partial charge in [-0.05, 0) is 44.1 Å². The quantitative estimate of drug-likeness (QED) is 0.655. The number of thioether (sulfide) groups is 1. The summed E-state index contributed by atoms with van der Waals surface area (Å²) in [5.41, 5.74) is 2.90. The molecule has 0 unspecified atom stereocenters. The number of aryl methyl sites for hydroxylation is 1. The monoisotopic (exact) mass is 353 g/mol. The lowest BCUT2D eigenvalue weighted by Crippen LogP contribution is -2.39. The van der Waals surface area contributed by atoms with Gasteiger partial charge in [-0.1, -0.05) is 48.5 Å². The molecule has 0 aliphatic heterocycles. The first-order chi connectivity index (χ1) is 12.2. The van der Waals surface area contributed by atoms with Crippen molar-refractivity contribution in [2.24, 2.45) is 11.8 Å². The van der Waals surface area contributed by atoms with Gasteiger partial charge in [0, 0.05) is 17.3 Å². The van der Waals surface area contributed by atoms with E-state index < -0.39 is 0 Å². The first kappa shape index (κ1) is 16.6. The Morgan fingerprint density at radius 2 is 2.04 bits per heavy atom. The van der Waals surface area contributed by atoms with Crippen LogP contribution in [0, 0.1) is 18.8 Å². The van der Waals surface area contributed by atoms with E-state index in [0.717, 1.165) is 22.9 Å². The van der Waals surface area contributed by atoms with Gasteiger partial charge in [-0.25, -0.2) is 9.97 Å². The summed E-state index contributed by atoms with van der Waals surface area (Å²) in [5.74, 6) is 2.04. The number of carbonyl (C=O) groups excluding carboxylic acids is 1. The molecule has 25 heavy (non-hydrogen) atoms. The third kappa shape index (κ3) is 3.87. The van der Waals surface area contributed by atoms with Crippen molar-refractivity contribution in [3.63, 3.8) is 0 Å². The van der Waals surface area contributed by atoms with Crippen LogP contribution in [-0.4, -0.2) is 27.7 Å². The molecule has 4 nitrogen and oxygen atoms in total. The van der Waals surface area contributed by atoms with Crippen molar-refractivity contribution in [2.75, 3.05) is 5.75 Å². The summed E-state index contributed by atoms with van der Waals surface area (Å²) in [6, 6.07) is 12.5. The Hall–Kier alpha value is -1.88. The zero-order valence-corrected chi connectivity index (χ0v) is 15.3. The van der Waals surface area contributed by atoms with Crippen LogP contribution >= 0.6 is 11.8 Å². The van der Waals surface area contributed by atoms with Crippen LogP contribution in [-0.2, 0) is 4.79 Å². The van der Waals surface area contributed by atoms with E-state index in [-0.39, 0.29) is 5.91 Å². The standard InChI is InChI=1S/C20H23N3OS/c1-13-9-17(15-5-3-2-4-6-15)23-20(21-13)25-12-19(24)22-18-11-14-7-8-16(18)10-14/h2-6,9,14,16,18H,7-8,10-12H2,1H3,(H,22,24)/t14-,16+,18+/m1/s1. The summed E-state index contributed by atoms with van der Waals surface area (Å²) in [6.45, 7) is 1.97. The molecule has 2 saturated carbocycles. The summed E-state index contributed by atoms with van der Waals surface area (Å²) in [7, 11) is 0. The van der Waals surface area contributed by atoms with E-state index in [4.69, 9.17) is 0 Å². The Morgan fingerprint density at radius 3 is 2.76 bits per heavy atom. The lowest BCUT2D eigenvalue weighted by atomic mass is 9.95. The Morgan fingerprint density at radius 1 is 1.20 bits per heavy atom. The first-order valence-electron chi connectivity index (χ1n) is 9.00. The number of carbonyl (C=O) groups is 1. The number of rotatable bonds is 5. The number of fused-ring (bicyclic) bond motifs is 2. The minimum absolute atomic E-state index is 0.105. The molecule has 5 heteroatoms. The Labute approximate surface area is 152 Å². The van der Waals surface area contributed by atoms with Crippen LogP contribution in [0.4, 0.5) is 0 Å². The predicted octanol–water partition coefficient (Wildman–Crippen LogP) is 3.85. The fourth-order valence-electron chi connectivity index (χ4n) is 4.16. The third-order valence-electron chi connectivity index (χ3n) is 5.32. The molecule has 2 aromatic rings. The average Bonchev–Trinajstić information content (AvgIpc) is 3.23. The minimum Gasteiger partial charge on any atom is -0.352 e. The van der Waals surface area contributed by atoms with Gasteiger partial charge in [-0.15, -0.1) is 0 Å². The highest BCUT2D eigenvalue weighted by Crippen LogP contribution is 2.44. The molecule has 1 heterocycles. The van der Waals surface area contributed by atoms with Crippen molar-refractivity contribution in [2.45, 2.75) is 43.8 Å². The number of hydrogen-bond donors (Lipinski definition) is 1. The Kier molecular flexibility index (Phi) is 4.75. The molecule has 0 radical (unpaired) electrons. The normalized spacial score (nSPS) is 24.4. The van der Waals surface area contributed by atoms with E-state index in [1.165, 1.54) is 37.4 Å². The third-order valence-corrected chi connectivity index (χ3v) is 6.17. The number of aromatic nitrogens is 2. The van der Waals surface area contributed by atoms with Crippen molar-refractivity contribution in [3.8, 4) is 11.3 Å². The molecule has 0 saturated heterocycles. The SMILES string of the molecule is Cc1cc(-c2ccccc2)nc(SCC(=O)N[C@H]2C[C@@H]3CC[C@H]2C3)n1. The topological polar surface area (TPSA) is 54.9 Å². The van der Waals surface area contributed by atoms with Crippen LogP contribution in [0.25, 0.3) is 11.3 Å². The summed E-state index contributed by atoms with van der Waals surface area (Å²) in [5, 5.41) is 3.89. The lowest BCUT2D eigenvalue weighted by molar-refractivity contribution is -0.119. The molecule has 2 aliphatic rings. The number of nitrogens with zero attached hydrogens (tertiary/aromatic N) is 2. The molecular weight excluding hydrogens is 330 g/mol. The highest BCUT2D eigenvalue weighted by molar-refractivity contribution is 7.99. The highest BCUT2D eigenvalue weighted by Gasteiger charge is 2.39. The van der Waals surface area contributed by atoms with Gasteiger partial charge in [0.05, 0.1) is 11.4 Å². The van der Waals surface area contributed by atoms with E-state index in [9.17, 15) is 4.79 Å². The Bertz CT molecular complexity index is 765. The van der Waals surface area contributed by atoms with E-state index in [1.807, 2.05) is 43.3 Å². The van der Waals surface area contributed by atoms with E-state index in [0.29, 0.717) is 22.9 Å². The molecule has 4 rings (SSSR count). The summed E-state index contributed by atoms with van der Waals surface area (Å²) < 4.78 is 0. The van der Waals surface area contributed by atoms with Crippen LogP contribution in [0.1, 0.15) is 31.4 Å². The Balaban J connectivity index is 1.37. The second-order valence-electron chi connectivity index (χ2n) is 7.18. The van der Waals surface area contributed by atoms with Crippen molar-refractivity contribution in [3.05, 3.63) is 42.1 Å². The number of benzene rings is 1. The fourth-order valence-corrected chi connectivity index (χ4v) is 4.88. The lowest BCUT2D eigenvalue weighted by Gasteiger charge is -2.22. The molecule has 130 valence electrons. The second kappa shape index (κ2) is 7.16. The van der Waals surface area contributed by atoms with Crippen molar-refractivity contribution in [1.29, 1.82) is 0 Å². The van der Waals surface area contributed by atoms with Crippen LogP contribution in [0.2, 0.25) is 0 Å². The molecule has 1 aromatic carbocycles. The van der Waals surface area contributed by atoms with Crippen molar-refractivity contribution < 1.29 is 4.79 Å². The van der Waals surface area contributed by atoms with Crippen molar-refractivity contribution in [1.82, 2.24) is 15.3 Å². The maximum absolute atomic E-state index is 12.3. The van der Waals surface area contributed by atoms with Crippen molar-refractivity contribution >= 4 is 17.7 Å². The molecular formula is C20H23N3OS. The molecule has 2 fully saturated rings. The molecule has 3 atom stereocenters. The molecule has 2 aliphatic carbocycles. The molecule has 0 spiro atoms. The number of nitrogens with one attached hydrogen (secondary N) is 1. The van der Waals surface area contributed by atoms with Gasteiger partial charge in [0.25, 0.3) is 0 Å². The summed E-state index contributed by atoms with van der Waals surface area (Å²) in [6.07, 6.45) is 5.11. The summed E-state index contributed by atoms with van der Waals surface area (Å²) in [4.78, 5) is 21.4. The zero-order chi connectivity index (χ0) is 17.2. The van der Waals surface area contributed by atoms with Gasteiger partial charge in [0.1, 0.15) is 0 Å². The maximum Gasteiger partial charge on any atom is 0.230 e. The van der Waals surface area contributed by atoms with Gasteiger partial charge in [0.15, 0.2) is 5.16 Å². The predicted molar refractivity (Wildman–Crippen MR) is 100 cm³/mol.